The van der Waals surface area contributed by atoms with E-state index in [1.54, 1.807) is 0 Å². The van der Waals surface area contributed by atoms with Gasteiger partial charge in [0.15, 0.2) is 16.1 Å². The number of hydrogen-bond acceptors (Lipinski definition) is 5. The third kappa shape index (κ3) is 3.40. The molecule has 4 rings (SSSR count). The van der Waals surface area contributed by atoms with E-state index in [1.807, 2.05) is 0 Å². The van der Waals surface area contributed by atoms with Gasteiger partial charge in [-0.3, -0.25) is 4.90 Å². The summed E-state index contributed by atoms with van der Waals surface area (Å²) in [4.78, 5) is 2.26. The third-order valence-corrected chi connectivity index (χ3v) is 9.01. The fourth-order valence-corrected chi connectivity index (χ4v) is 7.09. The molecule has 8 atom stereocenters. The van der Waals surface area contributed by atoms with Crippen molar-refractivity contribution in [3.8, 4) is 0 Å². The van der Waals surface area contributed by atoms with Gasteiger partial charge in [-0.05, 0) is 49.9 Å². The maximum atomic E-state index is 11.8. The normalized spacial score (nSPS) is 50.7. The van der Waals surface area contributed by atoms with E-state index in [2.05, 4.69) is 25.7 Å². The third-order valence-electron chi connectivity index (χ3n) is 7.40. The van der Waals surface area contributed by atoms with Crippen molar-refractivity contribution in [1.82, 2.24) is 4.90 Å². The second-order valence-electron chi connectivity index (χ2n) is 8.93. The van der Waals surface area contributed by atoms with Crippen molar-refractivity contribution in [3.05, 3.63) is 0 Å². The Kier molecular flexibility index (Phi) is 4.93. The molecule has 6 heteroatoms. The van der Waals surface area contributed by atoms with E-state index in [0.29, 0.717) is 36.8 Å². The van der Waals surface area contributed by atoms with E-state index in [1.165, 1.54) is 19.3 Å². The zero-order chi connectivity index (χ0) is 17.8. The minimum absolute atomic E-state index is 0.00102. The molecule has 1 saturated carbocycles. The van der Waals surface area contributed by atoms with Gasteiger partial charge in [-0.25, -0.2) is 8.42 Å². The summed E-state index contributed by atoms with van der Waals surface area (Å²) in [5, 5.41) is 0. The molecule has 4 fully saturated rings. The lowest BCUT2D eigenvalue weighted by Crippen LogP contribution is -2.59. The fourth-order valence-electron chi connectivity index (χ4n) is 5.86. The van der Waals surface area contributed by atoms with Crippen molar-refractivity contribution >= 4 is 9.84 Å². The fraction of sp³-hybridized carbons (Fsp3) is 1.00. The van der Waals surface area contributed by atoms with Gasteiger partial charge in [0.1, 0.15) is 6.23 Å². The number of hydrogen-bond donors (Lipinski definition) is 0. The minimum atomic E-state index is -2.86. The first-order valence-corrected chi connectivity index (χ1v) is 11.9. The first-order chi connectivity index (χ1) is 11.9. The van der Waals surface area contributed by atoms with Gasteiger partial charge in [0.25, 0.3) is 0 Å². The van der Waals surface area contributed by atoms with E-state index in [9.17, 15) is 8.42 Å². The van der Waals surface area contributed by atoms with Gasteiger partial charge in [0.2, 0.25) is 0 Å². The lowest BCUT2D eigenvalue weighted by atomic mass is 9.61. The van der Waals surface area contributed by atoms with E-state index < -0.39 is 9.84 Å². The average Bonchev–Trinajstić information content (AvgIpc) is 2.73. The topological polar surface area (TPSA) is 55.8 Å². The molecule has 1 aliphatic carbocycles. The maximum absolute atomic E-state index is 11.8. The van der Waals surface area contributed by atoms with E-state index >= 15 is 0 Å². The molecular weight excluding hydrogens is 338 g/mol. The number of nitrogens with zero attached hydrogens (tertiary/aromatic N) is 1. The van der Waals surface area contributed by atoms with Crippen molar-refractivity contribution in [1.29, 1.82) is 0 Å². The van der Waals surface area contributed by atoms with Crippen molar-refractivity contribution in [2.45, 2.75) is 65.1 Å². The summed E-state index contributed by atoms with van der Waals surface area (Å²) < 4.78 is 36.5. The van der Waals surface area contributed by atoms with Crippen LogP contribution in [0.25, 0.3) is 0 Å². The Bertz CT molecular complexity index is 580. The number of rotatable bonds is 1. The van der Waals surface area contributed by atoms with Gasteiger partial charge < -0.3 is 9.47 Å². The maximum Gasteiger partial charge on any atom is 0.163 e. The summed E-state index contributed by atoms with van der Waals surface area (Å²) in [5.74, 6) is 3.56. The highest BCUT2D eigenvalue weighted by Crippen LogP contribution is 2.52. The smallest absolute Gasteiger partial charge is 0.163 e. The SMILES string of the molecule is C[C@@H]1[C@@H]2CC[C@@H](C)[C@@H]3CC[C@H](C)O[C@@H](O[C@H]1N1CCS(=O)(=O)CC1)C23. The van der Waals surface area contributed by atoms with Crippen LogP contribution in [0.5, 0.6) is 0 Å². The van der Waals surface area contributed by atoms with Gasteiger partial charge in [0, 0.05) is 19.0 Å². The van der Waals surface area contributed by atoms with E-state index in [0.717, 1.165) is 12.3 Å². The first kappa shape index (κ1) is 18.2. The predicted molar refractivity (Wildman–Crippen MR) is 96.7 cm³/mol. The Morgan fingerprint density at radius 1 is 0.880 bits per heavy atom. The summed E-state index contributed by atoms with van der Waals surface area (Å²) in [6.07, 6.45) is 5.07. The Morgan fingerprint density at radius 3 is 2.28 bits per heavy atom. The van der Waals surface area contributed by atoms with Crippen LogP contribution in [0.3, 0.4) is 0 Å². The van der Waals surface area contributed by atoms with Gasteiger partial charge in [-0.15, -0.1) is 0 Å². The Labute approximate surface area is 152 Å². The first-order valence-electron chi connectivity index (χ1n) is 10.1. The predicted octanol–water partition coefficient (Wildman–Crippen LogP) is 2.51. The molecule has 25 heavy (non-hydrogen) atoms. The van der Waals surface area contributed by atoms with Crippen molar-refractivity contribution in [2.24, 2.45) is 29.6 Å². The molecule has 0 N–H and O–H groups in total. The Morgan fingerprint density at radius 2 is 1.56 bits per heavy atom. The Hall–Kier alpha value is -0.170. The van der Waals surface area contributed by atoms with Gasteiger partial charge in [-0.1, -0.05) is 20.3 Å². The molecule has 0 bridgehead atoms. The largest absolute Gasteiger partial charge is 0.349 e. The van der Waals surface area contributed by atoms with Crippen LogP contribution in [0.1, 0.15) is 46.5 Å². The zero-order valence-corrected chi connectivity index (χ0v) is 16.6. The molecule has 1 unspecified atom stereocenters. The molecule has 0 aromatic rings. The zero-order valence-electron chi connectivity index (χ0n) is 15.8. The van der Waals surface area contributed by atoms with Crippen molar-refractivity contribution in [3.63, 3.8) is 0 Å². The summed E-state index contributed by atoms with van der Waals surface area (Å²) in [6, 6.07) is 0. The molecule has 0 aromatic heterocycles. The highest BCUT2D eigenvalue weighted by Gasteiger charge is 2.53. The van der Waals surface area contributed by atoms with Crippen molar-refractivity contribution in [2.75, 3.05) is 24.6 Å². The van der Waals surface area contributed by atoms with Crippen molar-refractivity contribution < 1.29 is 17.9 Å². The van der Waals surface area contributed by atoms with Crippen LogP contribution in [-0.4, -0.2) is 56.5 Å². The number of ether oxygens (including phenoxy) is 2. The van der Waals surface area contributed by atoms with Crippen LogP contribution in [-0.2, 0) is 19.3 Å². The van der Waals surface area contributed by atoms with Crippen LogP contribution >= 0.6 is 0 Å². The molecule has 3 aliphatic heterocycles. The second-order valence-corrected chi connectivity index (χ2v) is 11.2. The van der Waals surface area contributed by atoms with Gasteiger partial charge in [0.05, 0.1) is 17.6 Å². The molecule has 144 valence electrons. The Balaban J connectivity index is 1.57. The lowest BCUT2D eigenvalue weighted by molar-refractivity contribution is -0.304. The quantitative estimate of drug-likeness (QED) is 0.709. The molecule has 5 nitrogen and oxygen atoms in total. The van der Waals surface area contributed by atoms with E-state index in [4.69, 9.17) is 9.47 Å². The molecule has 0 radical (unpaired) electrons. The number of sulfone groups is 1. The molecule has 3 saturated heterocycles. The molecule has 4 aliphatic rings. The monoisotopic (exact) mass is 371 g/mol. The standard InChI is InChI=1S/C19H33NO4S/c1-12-4-6-16-14(3)18(20-8-10-25(21,22)11-9-20)24-19-17(16)15(12)7-5-13(2)23-19/h12-19H,4-11H2,1-3H3/t12-,13+,14-,15+,16+,17?,18-,19+/m1/s1. The van der Waals surface area contributed by atoms with Crippen LogP contribution in [0.4, 0.5) is 0 Å². The van der Waals surface area contributed by atoms with E-state index in [-0.39, 0.29) is 30.1 Å². The summed E-state index contributed by atoms with van der Waals surface area (Å²) in [7, 11) is -2.86. The van der Waals surface area contributed by atoms with Crippen LogP contribution in [0.2, 0.25) is 0 Å². The second kappa shape index (κ2) is 6.77. The lowest BCUT2D eigenvalue weighted by Gasteiger charge is -2.54. The minimum Gasteiger partial charge on any atom is -0.349 e. The highest BCUT2D eigenvalue weighted by molar-refractivity contribution is 7.91. The molecule has 0 amide bonds. The van der Waals surface area contributed by atoms with Gasteiger partial charge >= 0.3 is 0 Å². The van der Waals surface area contributed by atoms with Crippen LogP contribution in [0.15, 0.2) is 0 Å². The van der Waals surface area contributed by atoms with Gasteiger partial charge in [-0.2, -0.15) is 0 Å². The summed E-state index contributed by atoms with van der Waals surface area (Å²) in [6.45, 7) is 8.07. The molecule has 0 aromatic carbocycles. The molecule has 0 spiro atoms. The summed E-state index contributed by atoms with van der Waals surface area (Å²) >= 11 is 0. The summed E-state index contributed by atoms with van der Waals surface area (Å²) in [5.41, 5.74) is 0. The highest BCUT2D eigenvalue weighted by atomic mass is 32.2. The van der Waals surface area contributed by atoms with Crippen LogP contribution in [0, 0.1) is 29.6 Å². The van der Waals surface area contributed by atoms with Crippen LogP contribution < -0.4 is 0 Å². The molecular formula is C19H33NO4S. The molecule has 3 heterocycles. The average molecular weight is 372 g/mol.